The maximum absolute atomic E-state index is 12.5. The van der Waals surface area contributed by atoms with Crippen LogP contribution in [-0.4, -0.2) is 41.8 Å². The minimum Gasteiger partial charge on any atom is -0.465 e. The van der Waals surface area contributed by atoms with Crippen LogP contribution >= 0.6 is 0 Å². The summed E-state index contributed by atoms with van der Waals surface area (Å²) < 4.78 is 11.0. The summed E-state index contributed by atoms with van der Waals surface area (Å²) in [6, 6.07) is 4.19. The highest BCUT2D eigenvalue weighted by atomic mass is 16.5. The Morgan fingerprint density at radius 2 is 1.64 bits per heavy atom. The molecular formula is C17H19N3O5. The van der Waals surface area contributed by atoms with E-state index in [0.717, 1.165) is 0 Å². The third-order valence-corrected chi connectivity index (χ3v) is 3.55. The largest absolute Gasteiger partial charge is 0.465 e. The molecular weight excluding hydrogens is 326 g/mol. The van der Waals surface area contributed by atoms with Crippen LogP contribution < -0.4 is 5.32 Å². The number of aromatic nitrogens is 2. The van der Waals surface area contributed by atoms with E-state index in [1.165, 1.54) is 32.4 Å². The number of anilines is 1. The molecule has 1 amide bonds. The summed E-state index contributed by atoms with van der Waals surface area (Å²) in [7, 11) is 2.46. The first-order valence-corrected chi connectivity index (χ1v) is 7.56. The minimum absolute atomic E-state index is 0.127. The molecule has 0 bridgehead atoms. The van der Waals surface area contributed by atoms with Crippen molar-refractivity contribution >= 4 is 23.5 Å². The van der Waals surface area contributed by atoms with Gasteiger partial charge in [0.15, 0.2) is 0 Å². The van der Waals surface area contributed by atoms with Gasteiger partial charge in [0.2, 0.25) is 0 Å². The van der Waals surface area contributed by atoms with Crippen LogP contribution in [0.15, 0.2) is 24.4 Å². The SMILES string of the molecule is CCn1cc(C(=O)Nc2cc(C(=O)OC)cc(C(=O)OC)c2)c(C)n1. The number of rotatable bonds is 5. The molecule has 2 aromatic rings. The van der Waals surface area contributed by atoms with E-state index in [4.69, 9.17) is 0 Å². The second-order valence-corrected chi connectivity index (χ2v) is 5.22. The highest BCUT2D eigenvalue weighted by Gasteiger charge is 2.17. The number of carbonyl (C=O) groups excluding carboxylic acids is 3. The van der Waals surface area contributed by atoms with E-state index >= 15 is 0 Å². The normalized spacial score (nSPS) is 10.2. The van der Waals surface area contributed by atoms with Gasteiger partial charge in [-0.3, -0.25) is 9.48 Å². The quantitative estimate of drug-likeness (QED) is 0.833. The summed E-state index contributed by atoms with van der Waals surface area (Å²) in [5.41, 5.74) is 1.52. The van der Waals surface area contributed by atoms with Crippen LogP contribution in [0.2, 0.25) is 0 Å². The summed E-state index contributed by atoms with van der Waals surface area (Å²) in [4.78, 5) is 36.0. The lowest BCUT2D eigenvalue weighted by Gasteiger charge is -2.09. The topological polar surface area (TPSA) is 99.5 Å². The maximum Gasteiger partial charge on any atom is 0.337 e. The first-order chi connectivity index (χ1) is 11.9. The van der Waals surface area contributed by atoms with E-state index in [2.05, 4.69) is 19.9 Å². The van der Waals surface area contributed by atoms with Gasteiger partial charge in [-0.25, -0.2) is 9.59 Å². The number of ether oxygens (including phenoxy) is 2. The monoisotopic (exact) mass is 345 g/mol. The lowest BCUT2D eigenvalue weighted by molar-refractivity contribution is 0.0599. The molecule has 1 aromatic carbocycles. The Bertz CT molecular complexity index is 791. The molecule has 1 heterocycles. The third-order valence-electron chi connectivity index (χ3n) is 3.55. The van der Waals surface area contributed by atoms with Crippen molar-refractivity contribution in [2.75, 3.05) is 19.5 Å². The number of amides is 1. The molecule has 0 fully saturated rings. The van der Waals surface area contributed by atoms with Gasteiger partial charge < -0.3 is 14.8 Å². The number of esters is 2. The number of carbonyl (C=O) groups is 3. The van der Waals surface area contributed by atoms with Crippen LogP contribution in [0.4, 0.5) is 5.69 Å². The molecule has 0 aliphatic rings. The molecule has 0 unspecified atom stereocenters. The summed E-state index contributed by atoms with van der Waals surface area (Å²) in [6.07, 6.45) is 1.63. The average molecular weight is 345 g/mol. The Kier molecular flexibility index (Phi) is 5.53. The zero-order chi connectivity index (χ0) is 18.6. The molecule has 1 aromatic heterocycles. The zero-order valence-corrected chi connectivity index (χ0v) is 14.5. The van der Waals surface area contributed by atoms with Crippen LogP contribution in [0.3, 0.4) is 0 Å². The van der Waals surface area contributed by atoms with E-state index in [0.29, 0.717) is 17.8 Å². The first-order valence-electron chi connectivity index (χ1n) is 7.56. The van der Waals surface area contributed by atoms with Crippen molar-refractivity contribution in [1.82, 2.24) is 9.78 Å². The highest BCUT2D eigenvalue weighted by molar-refractivity contribution is 6.06. The van der Waals surface area contributed by atoms with Gasteiger partial charge in [-0.15, -0.1) is 0 Å². The molecule has 25 heavy (non-hydrogen) atoms. The number of hydrogen-bond acceptors (Lipinski definition) is 6. The van der Waals surface area contributed by atoms with Gasteiger partial charge >= 0.3 is 11.9 Å². The van der Waals surface area contributed by atoms with Crippen molar-refractivity contribution in [3.8, 4) is 0 Å². The second kappa shape index (κ2) is 7.61. The molecule has 0 spiro atoms. The van der Waals surface area contributed by atoms with Gasteiger partial charge in [-0.05, 0) is 32.0 Å². The molecule has 0 saturated heterocycles. The van der Waals surface area contributed by atoms with Crippen LogP contribution in [-0.2, 0) is 16.0 Å². The van der Waals surface area contributed by atoms with E-state index in [9.17, 15) is 14.4 Å². The summed E-state index contributed by atoms with van der Waals surface area (Å²) in [5.74, 6) is -1.65. The number of hydrogen-bond donors (Lipinski definition) is 1. The van der Waals surface area contributed by atoms with Gasteiger partial charge in [0.05, 0.1) is 36.6 Å². The molecule has 0 saturated carbocycles. The van der Waals surface area contributed by atoms with Crippen LogP contribution in [0, 0.1) is 6.92 Å². The standard InChI is InChI=1S/C17H19N3O5/c1-5-20-9-14(10(2)19-20)15(21)18-13-7-11(16(22)24-3)6-12(8-13)17(23)25-4/h6-9H,5H2,1-4H3,(H,18,21). The van der Waals surface area contributed by atoms with Crippen LogP contribution in [0.1, 0.15) is 43.7 Å². The molecule has 8 heteroatoms. The van der Waals surface area contributed by atoms with E-state index in [-0.39, 0.29) is 16.8 Å². The fraction of sp³-hybridized carbons (Fsp3) is 0.294. The predicted molar refractivity (Wildman–Crippen MR) is 89.7 cm³/mol. The predicted octanol–water partition coefficient (Wildman–Crippen LogP) is 2.04. The molecule has 0 radical (unpaired) electrons. The number of nitrogens with zero attached hydrogens (tertiary/aromatic N) is 2. The number of methoxy groups -OCH3 is 2. The zero-order valence-electron chi connectivity index (χ0n) is 14.5. The Labute approximate surface area is 144 Å². The molecule has 0 aliphatic carbocycles. The van der Waals surface area contributed by atoms with Crippen molar-refractivity contribution in [2.24, 2.45) is 0 Å². The lowest BCUT2D eigenvalue weighted by atomic mass is 10.1. The van der Waals surface area contributed by atoms with Gasteiger partial charge in [-0.2, -0.15) is 5.10 Å². The summed E-state index contributed by atoms with van der Waals surface area (Å²) in [5, 5.41) is 6.88. The lowest BCUT2D eigenvalue weighted by Crippen LogP contribution is -2.14. The number of nitrogens with one attached hydrogen (secondary N) is 1. The second-order valence-electron chi connectivity index (χ2n) is 5.22. The summed E-state index contributed by atoms with van der Waals surface area (Å²) >= 11 is 0. The first kappa shape index (κ1) is 18.2. The maximum atomic E-state index is 12.5. The van der Waals surface area contributed by atoms with Crippen molar-refractivity contribution < 1.29 is 23.9 Å². The fourth-order valence-electron chi connectivity index (χ4n) is 2.27. The highest BCUT2D eigenvalue weighted by Crippen LogP contribution is 2.18. The molecule has 1 N–H and O–H groups in total. The smallest absolute Gasteiger partial charge is 0.337 e. The number of benzene rings is 1. The van der Waals surface area contributed by atoms with Crippen LogP contribution in [0.25, 0.3) is 0 Å². The Morgan fingerprint density at radius 3 is 2.08 bits per heavy atom. The molecule has 2 rings (SSSR count). The van der Waals surface area contributed by atoms with E-state index < -0.39 is 17.8 Å². The van der Waals surface area contributed by atoms with E-state index in [1.54, 1.807) is 17.8 Å². The summed E-state index contributed by atoms with van der Waals surface area (Å²) in [6.45, 7) is 4.28. The van der Waals surface area contributed by atoms with Crippen molar-refractivity contribution in [3.05, 3.63) is 46.8 Å². The molecule has 0 atom stereocenters. The fourth-order valence-corrected chi connectivity index (χ4v) is 2.27. The Hall–Kier alpha value is -3.16. The van der Waals surface area contributed by atoms with Gasteiger partial charge in [0.1, 0.15) is 0 Å². The van der Waals surface area contributed by atoms with Crippen molar-refractivity contribution in [1.29, 1.82) is 0 Å². The van der Waals surface area contributed by atoms with E-state index in [1.807, 2.05) is 6.92 Å². The third kappa shape index (κ3) is 4.03. The molecule has 0 aliphatic heterocycles. The minimum atomic E-state index is -0.628. The van der Waals surface area contributed by atoms with Gasteiger partial charge in [-0.1, -0.05) is 0 Å². The van der Waals surface area contributed by atoms with Crippen molar-refractivity contribution in [3.63, 3.8) is 0 Å². The van der Waals surface area contributed by atoms with Gasteiger partial charge in [0, 0.05) is 18.4 Å². The van der Waals surface area contributed by atoms with Gasteiger partial charge in [0.25, 0.3) is 5.91 Å². The van der Waals surface area contributed by atoms with Crippen LogP contribution in [0.5, 0.6) is 0 Å². The Balaban J connectivity index is 2.36. The average Bonchev–Trinajstić information content (AvgIpc) is 3.01. The molecule has 8 nitrogen and oxygen atoms in total. The molecule has 132 valence electrons. The Morgan fingerprint density at radius 1 is 1.08 bits per heavy atom. The number of aryl methyl sites for hydroxylation is 2. The van der Waals surface area contributed by atoms with Crippen molar-refractivity contribution in [2.45, 2.75) is 20.4 Å².